The number of amides is 1. The van der Waals surface area contributed by atoms with Crippen LogP contribution in [0.3, 0.4) is 0 Å². The number of methoxy groups -OCH3 is 3. The third-order valence-electron chi connectivity index (χ3n) is 5.33. The summed E-state index contributed by atoms with van der Waals surface area (Å²) in [6.07, 6.45) is 1.39. The molecule has 1 aliphatic heterocycles. The molecule has 0 unspecified atom stereocenters. The molecule has 4 aromatic rings. The zero-order chi connectivity index (χ0) is 25.9. The Balaban J connectivity index is 1.49. The summed E-state index contributed by atoms with van der Waals surface area (Å²) in [5.74, 6) is 1.63. The number of nitrogen functional groups attached to an aromatic ring is 1. The van der Waals surface area contributed by atoms with Gasteiger partial charge in [-0.25, -0.2) is 10.1 Å². The van der Waals surface area contributed by atoms with Crippen molar-refractivity contribution in [3.63, 3.8) is 0 Å². The highest BCUT2D eigenvalue weighted by molar-refractivity contribution is 5.99. The Kier molecular flexibility index (Phi) is 6.15. The average molecular weight is 508 g/mol. The highest BCUT2D eigenvalue weighted by Crippen LogP contribution is 2.39. The summed E-state index contributed by atoms with van der Waals surface area (Å²) in [5, 5.41) is 19.4. The van der Waals surface area contributed by atoms with Crippen LogP contribution in [-0.2, 0) is 0 Å². The highest BCUT2D eigenvalue weighted by Gasteiger charge is 2.27. The Hall–Kier alpha value is -5.34. The molecule has 15 nitrogen and oxygen atoms in total. The predicted molar refractivity (Wildman–Crippen MR) is 126 cm³/mol. The van der Waals surface area contributed by atoms with Gasteiger partial charge in [0.15, 0.2) is 28.7 Å². The second-order valence-corrected chi connectivity index (χ2v) is 7.36. The SMILES string of the molecule is COc1ccc(/C=N\NC(=O)c2nnn(-c3nonc3N)c2-c2ccc3c(c2)OCO3)c(OC)c1OC. The minimum absolute atomic E-state index is 0.0441. The van der Waals surface area contributed by atoms with E-state index in [1.165, 1.54) is 32.2 Å². The fraction of sp³-hybridized carbons (Fsp3) is 0.182. The van der Waals surface area contributed by atoms with Crippen LogP contribution in [0, 0.1) is 0 Å². The van der Waals surface area contributed by atoms with Gasteiger partial charge in [-0.2, -0.15) is 9.78 Å². The van der Waals surface area contributed by atoms with Crippen LogP contribution in [0.15, 0.2) is 40.1 Å². The maximum absolute atomic E-state index is 13.1. The van der Waals surface area contributed by atoms with Gasteiger partial charge < -0.3 is 29.4 Å². The second kappa shape index (κ2) is 9.73. The smallest absolute Gasteiger partial charge is 0.294 e. The number of nitrogens with one attached hydrogen (secondary N) is 1. The van der Waals surface area contributed by atoms with E-state index >= 15 is 0 Å². The van der Waals surface area contributed by atoms with Crippen molar-refractivity contribution in [3.05, 3.63) is 41.6 Å². The minimum Gasteiger partial charge on any atom is -0.493 e. The number of carbonyl (C=O) groups is 1. The molecular weight excluding hydrogens is 488 g/mol. The molecule has 3 N–H and O–H groups in total. The molecule has 0 fully saturated rings. The van der Waals surface area contributed by atoms with Crippen LogP contribution in [0.1, 0.15) is 16.1 Å². The number of hydrazone groups is 1. The van der Waals surface area contributed by atoms with E-state index in [0.29, 0.717) is 39.9 Å². The Morgan fingerprint density at radius 2 is 1.89 bits per heavy atom. The zero-order valence-corrected chi connectivity index (χ0v) is 19.8. The van der Waals surface area contributed by atoms with Crippen molar-refractivity contribution in [2.24, 2.45) is 5.10 Å². The number of hydrogen-bond donors (Lipinski definition) is 2. The molecule has 5 rings (SSSR count). The summed E-state index contributed by atoms with van der Waals surface area (Å²) in [6, 6.07) is 8.47. The third-order valence-corrected chi connectivity index (χ3v) is 5.33. The number of aromatic nitrogens is 5. The maximum atomic E-state index is 13.1. The van der Waals surface area contributed by atoms with Crippen LogP contribution in [-0.4, -0.2) is 65.6 Å². The van der Waals surface area contributed by atoms with Crippen LogP contribution < -0.4 is 34.8 Å². The van der Waals surface area contributed by atoms with Gasteiger partial charge in [-0.3, -0.25) is 4.79 Å². The molecular formula is C22H20N8O7. The van der Waals surface area contributed by atoms with Crippen LogP contribution in [0.4, 0.5) is 5.82 Å². The van der Waals surface area contributed by atoms with Gasteiger partial charge in [0, 0.05) is 11.1 Å². The summed E-state index contributed by atoms with van der Waals surface area (Å²) in [7, 11) is 4.48. The molecule has 1 amide bonds. The van der Waals surface area contributed by atoms with E-state index in [4.69, 9.17) is 34.0 Å². The van der Waals surface area contributed by atoms with Crippen molar-refractivity contribution in [1.82, 2.24) is 30.7 Å². The lowest BCUT2D eigenvalue weighted by Gasteiger charge is -2.13. The molecule has 37 heavy (non-hydrogen) atoms. The van der Waals surface area contributed by atoms with Gasteiger partial charge in [0.25, 0.3) is 5.91 Å². The van der Waals surface area contributed by atoms with E-state index in [2.05, 4.69) is 31.2 Å². The summed E-state index contributed by atoms with van der Waals surface area (Å²) in [4.78, 5) is 13.1. The van der Waals surface area contributed by atoms with Crippen LogP contribution >= 0.6 is 0 Å². The fourth-order valence-corrected chi connectivity index (χ4v) is 3.66. The largest absolute Gasteiger partial charge is 0.493 e. The molecule has 0 radical (unpaired) electrons. The lowest BCUT2D eigenvalue weighted by atomic mass is 10.1. The van der Waals surface area contributed by atoms with Gasteiger partial charge in [-0.05, 0) is 40.6 Å². The minimum atomic E-state index is -0.662. The van der Waals surface area contributed by atoms with Crippen molar-refractivity contribution >= 4 is 17.9 Å². The number of nitrogens with zero attached hydrogens (tertiary/aromatic N) is 6. The number of benzene rings is 2. The van der Waals surface area contributed by atoms with Crippen molar-refractivity contribution in [3.8, 4) is 45.8 Å². The van der Waals surface area contributed by atoms with E-state index in [9.17, 15) is 4.79 Å². The highest BCUT2D eigenvalue weighted by atomic mass is 16.7. The van der Waals surface area contributed by atoms with Crippen LogP contribution in [0.2, 0.25) is 0 Å². The normalized spacial score (nSPS) is 12.1. The lowest BCUT2D eigenvalue weighted by molar-refractivity contribution is 0.0950. The van der Waals surface area contributed by atoms with Gasteiger partial charge in [0.2, 0.25) is 24.2 Å². The number of carbonyl (C=O) groups excluding carboxylic acids is 1. The van der Waals surface area contributed by atoms with Crippen molar-refractivity contribution < 1.29 is 33.1 Å². The molecule has 0 atom stereocenters. The Labute approximate surface area is 208 Å². The molecule has 15 heteroatoms. The average Bonchev–Trinajstić information content (AvgIpc) is 3.66. The van der Waals surface area contributed by atoms with Crippen LogP contribution in [0.25, 0.3) is 17.1 Å². The number of rotatable bonds is 8. The molecule has 0 saturated carbocycles. The van der Waals surface area contributed by atoms with E-state index in [1.54, 1.807) is 30.3 Å². The van der Waals surface area contributed by atoms with Crippen molar-refractivity contribution in [2.75, 3.05) is 33.9 Å². The van der Waals surface area contributed by atoms with E-state index < -0.39 is 5.91 Å². The zero-order valence-electron chi connectivity index (χ0n) is 19.8. The fourth-order valence-electron chi connectivity index (χ4n) is 3.66. The van der Waals surface area contributed by atoms with Crippen LogP contribution in [0.5, 0.6) is 28.7 Å². The molecule has 2 aromatic heterocycles. The second-order valence-electron chi connectivity index (χ2n) is 7.36. The monoisotopic (exact) mass is 508 g/mol. The Morgan fingerprint density at radius 3 is 2.62 bits per heavy atom. The van der Waals surface area contributed by atoms with E-state index in [-0.39, 0.29) is 29.8 Å². The Bertz CT molecular complexity index is 1500. The summed E-state index contributed by atoms with van der Waals surface area (Å²) in [6.45, 7) is 0.0815. The number of anilines is 1. The van der Waals surface area contributed by atoms with Gasteiger partial charge in [-0.1, -0.05) is 5.21 Å². The van der Waals surface area contributed by atoms with Crippen molar-refractivity contribution in [1.29, 1.82) is 0 Å². The molecule has 0 saturated heterocycles. The first kappa shape index (κ1) is 23.4. The molecule has 190 valence electrons. The summed E-state index contributed by atoms with van der Waals surface area (Å²) >= 11 is 0. The number of hydrogen-bond acceptors (Lipinski definition) is 13. The number of nitrogens with two attached hydrogens (primary N) is 1. The first-order valence-electron chi connectivity index (χ1n) is 10.6. The predicted octanol–water partition coefficient (Wildman–Crippen LogP) is 1.42. The van der Waals surface area contributed by atoms with Gasteiger partial charge >= 0.3 is 0 Å². The lowest BCUT2D eigenvalue weighted by Crippen LogP contribution is -2.19. The summed E-state index contributed by atoms with van der Waals surface area (Å²) in [5.41, 5.74) is 9.52. The molecule has 2 aromatic carbocycles. The van der Waals surface area contributed by atoms with E-state index in [0.717, 1.165) is 0 Å². The maximum Gasteiger partial charge on any atom is 0.294 e. The van der Waals surface area contributed by atoms with Gasteiger partial charge in [-0.15, -0.1) is 5.10 Å². The van der Waals surface area contributed by atoms with Gasteiger partial charge in [0.1, 0.15) is 5.69 Å². The van der Waals surface area contributed by atoms with Gasteiger partial charge in [0.05, 0.1) is 27.5 Å². The van der Waals surface area contributed by atoms with E-state index in [1.807, 2.05) is 0 Å². The number of ether oxygens (including phenoxy) is 5. The first-order chi connectivity index (χ1) is 18.0. The molecule has 3 heterocycles. The topological polar surface area (TPSA) is 183 Å². The third kappa shape index (κ3) is 4.18. The molecule has 0 spiro atoms. The standard InChI is InChI=1S/C22H20N8O7/c1-32-14-7-5-12(18(33-2)19(14)34-3)9-24-26-22(31)16-17(11-4-6-13-15(8-11)36-10-35-13)30(29-25-16)21-20(23)27-37-28-21/h4-9H,10H2,1-3H3,(H2,23,27)(H,26,31)/b24-9-. The molecule has 0 bridgehead atoms. The quantitative estimate of drug-likeness (QED) is 0.258. The summed E-state index contributed by atoms with van der Waals surface area (Å²) < 4.78 is 32.8. The first-order valence-corrected chi connectivity index (χ1v) is 10.6. The molecule has 1 aliphatic rings. The Morgan fingerprint density at radius 1 is 1.08 bits per heavy atom. The number of fused-ring (bicyclic) bond motifs is 1. The van der Waals surface area contributed by atoms with Crippen molar-refractivity contribution in [2.45, 2.75) is 0 Å². The molecule has 0 aliphatic carbocycles.